The highest BCUT2D eigenvalue weighted by molar-refractivity contribution is 5.80. The average molecular weight is 259 g/mol. The van der Waals surface area contributed by atoms with E-state index >= 15 is 0 Å². The maximum atomic E-state index is 11.7. The van der Waals surface area contributed by atoms with Gasteiger partial charge in [0.25, 0.3) is 0 Å². The molecule has 0 spiro atoms. The van der Waals surface area contributed by atoms with Gasteiger partial charge in [-0.2, -0.15) is 0 Å². The minimum atomic E-state index is -0.897. The first-order chi connectivity index (χ1) is 7.58. The molecule has 1 heterocycles. The number of hydrogen-bond acceptors (Lipinski definition) is 2. The second-order valence-corrected chi connectivity index (χ2v) is 4.53. The fraction of sp³-hybridized carbons (Fsp3) is 0.857. The van der Waals surface area contributed by atoms with E-state index in [4.69, 9.17) is 5.11 Å². The average Bonchev–Trinajstić information content (AvgIpc) is 2.68. The number of nitrogens with zero attached hydrogens (tertiary/aromatic N) is 1. The minimum Gasteiger partial charge on any atom is -0.481 e. The van der Waals surface area contributed by atoms with Crippen LogP contribution in [0, 0.1) is 11.8 Å². The Hall–Kier alpha value is -1.06. The van der Waals surface area contributed by atoms with Crippen LogP contribution in [0.25, 0.3) is 0 Å². The Balaban J connectivity index is 0. The van der Waals surface area contributed by atoms with Gasteiger partial charge in [0.1, 0.15) is 0 Å². The molecule has 0 bridgehead atoms. The zero-order valence-corrected chi connectivity index (χ0v) is 10.1. The lowest BCUT2D eigenvalue weighted by atomic mass is 9.92. The lowest BCUT2D eigenvalue weighted by Gasteiger charge is -2.15. The van der Waals surface area contributed by atoms with E-state index in [-0.39, 0.29) is 33.6 Å². The number of carbonyl (C=O) groups excluding carboxylic acids is 1. The summed E-state index contributed by atoms with van der Waals surface area (Å²) in [5.41, 5.74) is 0. The molecular formula is C14H29NO3. The van der Waals surface area contributed by atoms with E-state index in [1.54, 1.807) is 0 Å². The van der Waals surface area contributed by atoms with Crippen molar-refractivity contribution < 1.29 is 14.7 Å². The normalized spacial score (nSPS) is 22.0. The summed E-state index contributed by atoms with van der Waals surface area (Å²) < 4.78 is 0. The summed E-state index contributed by atoms with van der Waals surface area (Å²) in [6.45, 7) is 5.93. The van der Waals surface area contributed by atoms with Crippen LogP contribution >= 0.6 is 0 Å². The molecule has 0 aromatic rings. The second kappa shape index (κ2) is 8.95. The number of amides is 1. The third kappa shape index (κ3) is 5.07. The lowest BCUT2D eigenvalue weighted by Crippen LogP contribution is -2.29. The number of rotatable bonds is 5. The third-order valence-electron chi connectivity index (χ3n) is 3.53. The molecule has 4 heteroatoms. The molecule has 0 aromatic heterocycles. The van der Waals surface area contributed by atoms with Gasteiger partial charge in [0.15, 0.2) is 0 Å². The quantitative estimate of drug-likeness (QED) is 0.825. The molecule has 1 saturated heterocycles. The van der Waals surface area contributed by atoms with Crippen molar-refractivity contribution in [1.29, 1.82) is 0 Å². The van der Waals surface area contributed by atoms with Gasteiger partial charge in [-0.25, -0.2) is 0 Å². The third-order valence-corrected chi connectivity index (χ3v) is 3.53. The van der Waals surface area contributed by atoms with Crippen molar-refractivity contribution in [3.8, 4) is 0 Å². The van der Waals surface area contributed by atoms with E-state index in [1.165, 1.54) is 0 Å². The molecule has 18 heavy (non-hydrogen) atoms. The van der Waals surface area contributed by atoms with Crippen LogP contribution in [-0.4, -0.2) is 35.0 Å². The van der Waals surface area contributed by atoms with Crippen molar-refractivity contribution >= 4 is 11.9 Å². The minimum absolute atomic E-state index is 0. The molecule has 1 amide bonds. The zero-order chi connectivity index (χ0) is 12.1. The first-order valence-corrected chi connectivity index (χ1v) is 6.08. The molecule has 0 radical (unpaired) electrons. The van der Waals surface area contributed by atoms with Crippen LogP contribution in [0.1, 0.15) is 54.4 Å². The standard InChI is InChI=1S/C12H21NO3.2CH4/c1-3-9-7-13(8-10(9)4-2)11(14)5-6-12(15)16;;/h9-10H,3-8H2,1-2H3,(H,15,16);2*1H4. The summed E-state index contributed by atoms with van der Waals surface area (Å²) >= 11 is 0. The van der Waals surface area contributed by atoms with Crippen LogP contribution in [0.5, 0.6) is 0 Å². The van der Waals surface area contributed by atoms with Gasteiger partial charge in [-0.1, -0.05) is 41.5 Å². The number of likely N-dealkylation sites (tertiary alicyclic amines) is 1. The number of carboxylic acid groups (broad SMARTS) is 1. The maximum Gasteiger partial charge on any atom is 0.303 e. The van der Waals surface area contributed by atoms with E-state index < -0.39 is 5.97 Å². The molecule has 0 aromatic carbocycles. The molecule has 1 N–H and O–H groups in total. The molecular weight excluding hydrogens is 230 g/mol. The number of carbonyl (C=O) groups is 2. The van der Waals surface area contributed by atoms with Crippen molar-refractivity contribution in [3.63, 3.8) is 0 Å². The van der Waals surface area contributed by atoms with Gasteiger partial charge in [0.05, 0.1) is 6.42 Å². The first kappa shape index (κ1) is 19.3. The Morgan fingerprint density at radius 1 is 1.06 bits per heavy atom. The topological polar surface area (TPSA) is 57.6 Å². The Morgan fingerprint density at radius 3 is 1.83 bits per heavy atom. The summed E-state index contributed by atoms with van der Waals surface area (Å²) in [7, 11) is 0. The predicted molar refractivity (Wildman–Crippen MR) is 74.5 cm³/mol. The summed E-state index contributed by atoms with van der Waals surface area (Å²) in [4.78, 5) is 24.0. The van der Waals surface area contributed by atoms with E-state index in [0.29, 0.717) is 11.8 Å². The highest BCUT2D eigenvalue weighted by atomic mass is 16.4. The molecule has 1 fully saturated rings. The van der Waals surface area contributed by atoms with Crippen LogP contribution in [0.4, 0.5) is 0 Å². The van der Waals surface area contributed by atoms with Crippen molar-refractivity contribution in [2.75, 3.05) is 13.1 Å². The van der Waals surface area contributed by atoms with Crippen LogP contribution < -0.4 is 0 Å². The van der Waals surface area contributed by atoms with Crippen LogP contribution in [-0.2, 0) is 9.59 Å². The summed E-state index contributed by atoms with van der Waals surface area (Å²) in [6.07, 6.45) is 2.29. The van der Waals surface area contributed by atoms with E-state index in [2.05, 4.69) is 13.8 Å². The van der Waals surface area contributed by atoms with Crippen molar-refractivity contribution in [3.05, 3.63) is 0 Å². The Morgan fingerprint density at radius 2 is 1.50 bits per heavy atom. The Kier molecular flexibility index (Phi) is 9.59. The summed E-state index contributed by atoms with van der Waals surface area (Å²) in [5, 5.41) is 8.53. The van der Waals surface area contributed by atoms with Gasteiger partial charge in [-0.15, -0.1) is 0 Å². The predicted octanol–water partition coefficient (Wildman–Crippen LogP) is 3.02. The smallest absolute Gasteiger partial charge is 0.303 e. The van der Waals surface area contributed by atoms with Gasteiger partial charge < -0.3 is 10.0 Å². The summed E-state index contributed by atoms with van der Waals surface area (Å²) in [6, 6.07) is 0. The monoisotopic (exact) mass is 259 g/mol. The molecule has 1 aliphatic heterocycles. The van der Waals surface area contributed by atoms with Gasteiger partial charge in [0.2, 0.25) is 5.91 Å². The molecule has 2 unspecified atom stereocenters. The highest BCUT2D eigenvalue weighted by Gasteiger charge is 2.32. The fourth-order valence-electron chi connectivity index (χ4n) is 2.44. The van der Waals surface area contributed by atoms with Gasteiger partial charge in [0, 0.05) is 19.5 Å². The highest BCUT2D eigenvalue weighted by Crippen LogP contribution is 2.28. The number of hydrogen-bond donors (Lipinski definition) is 1. The first-order valence-electron chi connectivity index (χ1n) is 6.08. The zero-order valence-electron chi connectivity index (χ0n) is 10.1. The Bertz CT molecular complexity index is 254. The van der Waals surface area contributed by atoms with Crippen molar-refractivity contribution in [1.82, 2.24) is 4.90 Å². The van der Waals surface area contributed by atoms with Gasteiger partial charge in [-0.05, 0) is 11.8 Å². The van der Waals surface area contributed by atoms with Crippen LogP contribution in [0.2, 0.25) is 0 Å². The second-order valence-electron chi connectivity index (χ2n) is 4.53. The molecule has 0 saturated carbocycles. The summed E-state index contributed by atoms with van der Waals surface area (Å²) in [5.74, 6) is 0.293. The van der Waals surface area contributed by atoms with Crippen molar-refractivity contribution in [2.45, 2.75) is 54.4 Å². The molecule has 1 aliphatic rings. The Labute approximate surface area is 111 Å². The van der Waals surface area contributed by atoms with Gasteiger partial charge >= 0.3 is 5.97 Å². The molecule has 0 aliphatic carbocycles. The van der Waals surface area contributed by atoms with Gasteiger partial charge in [-0.3, -0.25) is 9.59 Å². The number of carboxylic acids is 1. The van der Waals surface area contributed by atoms with Crippen LogP contribution in [0.3, 0.4) is 0 Å². The molecule has 1 rings (SSSR count). The maximum absolute atomic E-state index is 11.7. The SMILES string of the molecule is C.C.CCC1CN(C(=O)CCC(=O)O)CC1CC. The van der Waals surface area contributed by atoms with E-state index in [0.717, 1.165) is 25.9 Å². The molecule has 108 valence electrons. The van der Waals surface area contributed by atoms with E-state index in [9.17, 15) is 9.59 Å². The molecule has 4 nitrogen and oxygen atoms in total. The van der Waals surface area contributed by atoms with Crippen LogP contribution in [0.15, 0.2) is 0 Å². The largest absolute Gasteiger partial charge is 0.481 e. The van der Waals surface area contributed by atoms with Crippen molar-refractivity contribution in [2.24, 2.45) is 11.8 Å². The molecule has 2 atom stereocenters. The lowest BCUT2D eigenvalue weighted by molar-refractivity contribution is -0.140. The van der Waals surface area contributed by atoms with E-state index in [1.807, 2.05) is 4.90 Å². The fourth-order valence-corrected chi connectivity index (χ4v) is 2.44. The number of aliphatic carboxylic acids is 1.